The number of carbonyl (C=O) groups excluding carboxylic acids is 3. The van der Waals surface area contributed by atoms with Crippen LogP contribution in [0.1, 0.15) is 42.5 Å². The molecule has 4 aliphatic rings. The predicted octanol–water partition coefficient (Wildman–Crippen LogP) is 1.96. The van der Waals surface area contributed by atoms with Gasteiger partial charge in [0.2, 0.25) is 11.8 Å². The summed E-state index contributed by atoms with van der Waals surface area (Å²) in [5, 5.41) is 1.33. The summed E-state index contributed by atoms with van der Waals surface area (Å²) in [6.45, 7) is 3.80. The zero-order chi connectivity index (χ0) is 20.7. The average Bonchev–Trinajstić information content (AvgIpc) is 3.48. The summed E-state index contributed by atoms with van der Waals surface area (Å²) < 4.78 is 0. The second-order valence-corrected chi connectivity index (χ2v) is 8.79. The first-order valence-corrected chi connectivity index (χ1v) is 11.0. The van der Waals surface area contributed by atoms with E-state index in [1.807, 2.05) is 17.1 Å². The van der Waals surface area contributed by atoms with E-state index in [1.54, 1.807) is 24.3 Å². The van der Waals surface area contributed by atoms with Gasteiger partial charge in [0.25, 0.3) is 5.91 Å². The number of fused-ring (bicyclic) bond motifs is 1. The Morgan fingerprint density at radius 3 is 2.57 bits per heavy atom. The molecule has 1 aromatic rings. The first-order chi connectivity index (χ1) is 14.6. The number of allylic oxidation sites excluding steroid dienone is 2. The number of hydrogen-bond donors (Lipinski definition) is 1. The van der Waals surface area contributed by atoms with Gasteiger partial charge in [-0.2, -0.15) is 0 Å². The number of hydrazine groups is 1. The van der Waals surface area contributed by atoms with Crippen molar-refractivity contribution >= 4 is 23.4 Å². The van der Waals surface area contributed by atoms with Crippen LogP contribution in [0.15, 0.2) is 36.4 Å². The Labute approximate surface area is 176 Å². The minimum absolute atomic E-state index is 0.00666. The van der Waals surface area contributed by atoms with Crippen molar-refractivity contribution in [3.05, 3.63) is 42.0 Å². The molecule has 0 radical (unpaired) electrons. The Bertz CT molecular complexity index is 892. The number of carbonyl (C=O) groups is 3. The SMILES string of the molecule is O=C1NN(c2cccc(C(=O)N3CCC(N4CCCC4)C3)c2)C(=O)C2CC=CCC12. The molecular weight excluding hydrogens is 380 g/mol. The molecule has 3 aliphatic heterocycles. The largest absolute Gasteiger partial charge is 0.337 e. The van der Waals surface area contributed by atoms with Crippen LogP contribution in [0.25, 0.3) is 0 Å². The molecule has 3 amide bonds. The minimum atomic E-state index is -0.331. The van der Waals surface area contributed by atoms with Gasteiger partial charge in [-0.3, -0.25) is 24.7 Å². The number of hydrogen-bond acceptors (Lipinski definition) is 4. The zero-order valence-electron chi connectivity index (χ0n) is 17.1. The second-order valence-electron chi connectivity index (χ2n) is 8.79. The Hall–Kier alpha value is -2.67. The maximum atomic E-state index is 13.1. The highest BCUT2D eigenvalue weighted by Gasteiger charge is 2.42. The second kappa shape index (κ2) is 7.87. The molecule has 1 N–H and O–H groups in total. The normalized spacial score (nSPS) is 29.3. The molecule has 5 rings (SSSR count). The fraction of sp³-hybridized carbons (Fsp3) is 0.522. The van der Waals surface area contributed by atoms with Crippen LogP contribution in [0.3, 0.4) is 0 Å². The van der Waals surface area contributed by atoms with Crippen LogP contribution in [-0.4, -0.2) is 59.7 Å². The van der Waals surface area contributed by atoms with E-state index >= 15 is 0 Å². The van der Waals surface area contributed by atoms with E-state index in [4.69, 9.17) is 0 Å². The lowest BCUT2D eigenvalue weighted by molar-refractivity contribution is -0.139. The van der Waals surface area contributed by atoms with Crippen molar-refractivity contribution in [3.8, 4) is 0 Å². The zero-order valence-corrected chi connectivity index (χ0v) is 17.1. The van der Waals surface area contributed by atoms with Gasteiger partial charge >= 0.3 is 0 Å². The summed E-state index contributed by atoms with van der Waals surface area (Å²) in [4.78, 5) is 43.1. The molecule has 0 spiro atoms. The Kier molecular flexibility index (Phi) is 5.06. The molecule has 3 unspecified atom stereocenters. The highest BCUT2D eigenvalue weighted by Crippen LogP contribution is 2.32. The van der Waals surface area contributed by atoms with Gasteiger partial charge in [-0.05, 0) is 63.4 Å². The summed E-state index contributed by atoms with van der Waals surface area (Å²) in [5.41, 5.74) is 3.84. The summed E-state index contributed by atoms with van der Waals surface area (Å²) >= 11 is 0. The number of nitrogens with one attached hydrogen (secondary N) is 1. The number of amides is 3. The molecule has 7 heteroatoms. The molecule has 1 aliphatic carbocycles. The summed E-state index contributed by atoms with van der Waals surface area (Å²) in [5.74, 6) is -0.871. The first kappa shape index (κ1) is 19.3. The number of rotatable bonds is 3. The van der Waals surface area contributed by atoms with Gasteiger partial charge in [-0.25, -0.2) is 5.01 Å². The van der Waals surface area contributed by atoms with Crippen molar-refractivity contribution < 1.29 is 14.4 Å². The van der Waals surface area contributed by atoms with Crippen molar-refractivity contribution in [1.82, 2.24) is 15.2 Å². The van der Waals surface area contributed by atoms with Crippen LogP contribution in [0.4, 0.5) is 5.69 Å². The number of likely N-dealkylation sites (tertiary alicyclic amines) is 2. The monoisotopic (exact) mass is 408 g/mol. The number of anilines is 1. The fourth-order valence-corrected chi connectivity index (χ4v) is 5.27. The summed E-state index contributed by atoms with van der Waals surface area (Å²) in [7, 11) is 0. The Morgan fingerprint density at radius 2 is 1.77 bits per heavy atom. The lowest BCUT2D eigenvalue weighted by Crippen LogP contribution is -2.59. The fourth-order valence-electron chi connectivity index (χ4n) is 5.27. The lowest BCUT2D eigenvalue weighted by atomic mass is 9.80. The Morgan fingerprint density at radius 1 is 1.00 bits per heavy atom. The maximum Gasteiger partial charge on any atom is 0.253 e. The van der Waals surface area contributed by atoms with Crippen LogP contribution in [-0.2, 0) is 9.59 Å². The predicted molar refractivity (Wildman–Crippen MR) is 113 cm³/mol. The molecule has 3 saturated heterocycles. The molecule has 0 bridgehead atoms. The highest BCUT2D eigenvalue weighted by molar-refractivity contribution is 6.05. The van der Waals surface area contributed by atoms with Crippen molar-refractivity contribution in [2.75, 3.05) is 31.2 Å². The van der Waals surface area contributed by atoms with Crippen molar-refractivity contribution in [2.24, 2.45) is 11.8 Å². The molecular formula is C23H28N4O3. The molecule has 3 atom stereocenters. The number of benzene rings is 1. The van der Waals surface area contributed by atoms with E-state index < -0.39 is 0 Å². The quantitative estimate of drug-likeness (QED) is 0.776. The van der Waals surface area contributed by atoms with E-state index in [-0.39, 0.29) is 29.6 Å². The highest BCUT2D eigenvalue weighted by atomic mass is 16.2. The smallest absolute Gasteiger partial charge is 0.253 e. The molecule has 3 fully saturated rings. The van der Waals surface area contributed by atoms with E-state index in [0.29, 0.717) is 30.1 Å². The van der Waals surface area contributed by atoms with Gasteiger partial charge in [0.1, 0.15) is 0 Å². The van der Waals surface area contributed by atoms with Crippen LogP contribution in [0.5, 0.6) is 0 Å². The van der Waals surface area contributed by atoms with E-state index in [1.165, 1.54) is 17.9 Å². The van der Waals surface area contributed by atoms with Crippen LogP contribution >= 0.6 is 0 Å². The van der Waals surface area contributed by atoms with Crippen molar-refractivity contribution in [1.29, 1.82) is 0 Å². The van der Waals surface area contributed by atoms with Gasteiger partial charge in [-0.15, -0.1) is 0 Å². The maximum absolute atomic E-state index is 13.1. The molecule has 3 heterocycles. The van der Waals surface area contributed by atoms with E-state index in [9.17, 15) is 14.4 Å². The molecule has 0 saturated carbocycles. The molecule has 30 heavy (non-hydrogen) atoms. The third-order valence-electron chi connectivity index (χ3n) is 6.99. The average molecular weight is 409 g/mol. The summed E-state index contributed by atoms with van der Waals surface area (Å²) in [6, 6.07) is 7.52. The minimum Gasteiger partial charge on any atom is -0.337 e. The van der Waals surface area contributed by atoms with Gasteiger partial charge in [0, 0.05) is 24.7 Å². The van der Waals surface area contributed by atoms with E-state index in [0.717, 1.165) is 32.6 Å². The van der Waals surface area contributed by atoms with Crippen LogP contribution < -0.4 is 10.4 Å². The summed E-state index contributed by atoms with van der Waals surface area (Å²) in [6.07, 6.45) is 8.63. The molecule has 158 valence electrons. The molecule has 1 aromatic carbocycles. The van der Waals surface area contributed by atoms with Gasteiger partial charge < -0.3 is 4.90 Å². The van der Waals surface area contributed by atoms with Crippen LogP contribution in [0.2, 0.25) is 0 Å². The van der Waals surface area contributed by atoms with E-state index in [2.05, 4.69) is 10.3 Å². The van der Waals surface area contributed by atoms with Gasteiger partial charge in [0.15, 0.2) is 0 Å². The third-order valence-corrected chi connectivity index (χ3v) is 6.99. The standard InChI is InChI=1S/C23H28N4O3/c28-21-19-8-1-2-9-20(19)23(30)27(24-21)17-7-5-6-16(14-17)22(29)26-13-10-18(15-26)25-11-3-4-12-25/h1-2,5-7,14,18-20H,3-4,8-13,15H2,(H,24,28). The van der Waals surface area contributed by atoms with Gasteiger partial charge in [0.05, 0.1) is 17.5 Å². The third kappa shape index (κ3) is 3.41. The van der Waals surface area contributed by atoms with Crippen molar-refractivity contribution in [2.45, 2.75) is 38.1 Å². The van der Waals surface area contributed by atoms with Crippen LogP contribution in [0, 0.1) is 11.8 Å². The van der Waals surface area contributed by atoms with Crippen molar-refractivity contribution in [3.63, 3.8) is 0 Å². The first-order valence-electron chi connectivity index (χ1n) is 11.0. The van der Waals surface area contributed by atoms with Gasteiger partial charge in [-0.1, -0.05) is 18.2 Å². The molecule has 7 nitrogen and oxygen atoms in total. The lowest BCUT2D eigenvalue weighted by Gasteiger charge is -2.38. The topological polar surface area (TPSA) is 73.0 Å². The number of nitrogens with zero attached hydrogens (tertiary/aromatic N) is 3. The Balaban J connectivity index is 1.32. The molecule has 0 aromatic heterocycles.